The van der Waals surface area contributed by atoms with Crippen LogP contribution in [-0.2, 0) is 10.0 Å². The standard InChI is InChI=1S/C34H29N9O5S/c1-21-5-6-23(18-29(21)39-34-37-17-15-28(38-34)24-4-3-16-36-20-24)32(44)40-41-33(45)30-19-31(22-7-11-26(48-2)12-8-22)43(42-30)25-9-13-27(14-10-25)49(35,46)47/h3-20H,1-2H3,(H,40,44)(H,41,45)(H2,35,46,47)(H,37,38,39). The highest BCUT2D eigenvalue weighted by Gasteiger charge is 2.19. The Morgan fingerprint density at radius 3 is 2.31 bits per heavy atom. The van der Waals surface area contributed by atoms with Crippen LogP contribution in [0.1, 0.15) is 26.4 Å². The van der Waals surface area contributed by atoms with Crippen molar-refractivity contribution < 1.29 is 22.7 Å². The normalized spacial score (nSPS) is 11.1. The fraction of sp³-hybridized carbons (Fsp3) is 0.0588. The van der Waals surface area contributed by atoms with Gasteiger partial charge in [0.25, 0.3) is 11.8 Å². The highest BCUT2D eigenvalue weighted by atomic mass is 32.2. The molecule has 0 spiro atoms. The Hall–Kier alpha value is -6.45. The first-order valence-electron chi connectivity index (χ1n) is 14.7. The number of aromatic nitrogens is 5. The zero-order valence-corrected chi connectivity index (χ0v) is 27.0. The quantitative estimate of drug-likeness (QED) is 0.161. The number of benzene rings is 3. The van der Waals surface area contributed by atoms with Crippen LogP contribution in [0.3, 0.4) is 0 Å². The minimum absolute atomic E-state index is 0.0152. The van der Waals surface area contributed by atoms with Gasteiger partial charge in [-0.3, -0.25) is 25.4 Å². The van der Waals surface area contributed by atoms with E-state index < -0.39 is 21.8 Å². The van der Waals surface area contributed by atoms with Gasteiger partial charge in [-0.15, -0.1) is 0 Å². The second kappa shape index (κ2) is 13.7. The Bertz CT molecular complexity index is 2260. The van der Waals surface area contributed by atoms with E-state index in [0.717, 1.165) is 11.1 Å². The molecule has 0 aliphatic heterocycles. The van der Waals surface area contributed by atoms with E-state index in [1.54, 1.807) is 80.3 Å². The third-order valence-corrected chi connectivity index (χ3v) is 8.32. The molecule has 0 atom stereocenters. The third kappa shape index (κ3) is 7.43. The molecule has 0 radical (unpaired) electrons. The van der Waals surface area contributed by atoms with Gasteiger partial charge in [-0.05, 0) is 97.4 Å². The first-order chi connectivity index (χ1) is 23.6. The van der Waals surface area contributed by atoms with Gasteiger partial charge in [0.05, 0.1) is 29.1 Å². The number of hydrazine groups is 1. The minimum atomic E-state index is -3.91. The molecule has 0 aliphatic carbocycles. The predicted octanol–water partition coefficient (Wildman–Crippen LogP) is 4.17. The molecule has 0 aliphatic rings. The maximum atomic E-state index is 13.3. The number of nitrogens with zero attached hydrogens (tertiary/aromatic N) is 5. The number of nitrogens with two attached hydrogens (primary N) is 1. The highest BCUT2D eigenvalue weighted by Crippen LogP contribution is 2.27. The van der Waals surface area contributed by atoms with Gasteiger partial charge in [0.1, 0.15) is 5.75 Å². The summed E-state index contributed by atoms with van der Waals surface area (Å²) in [5, 5.41) is 12.9. The average molecular weight is 676 g/mol. The smallest absolute Gasteiger partial charge is 0.290 e. The van der Waals surface area contributed by atoms with E-state index in [-0.39, 0.29) is 16.2 Å². The molecule has 0 saturated heterocycles. The van der Waals surface area contributed by atoms with E-state index in [1.165, 1.54) is 28.9 Å². The monoisotopic (exact) mass is 675 g/mol. The number of amides is 2. The molecule has 15 heteroatoms. The van der Waals surface area contributed by atoms with Gasteiger partial charge in [0.15, 0.2) is 5.69 Å². The van der Waals surface area contributed by atoms with Crippen molar-refractivity contribution >= 4 is 33.5 Å². The number of pyridine rings is 1. The van der Waals surface area contributed by atoms with Gasteiger partial charge in [-0.1, -0.05) is 6.07 Å². The number of aryl methyl sites for hydroxylation is 1. The number of sulfonamides is 1. The van der Waals surface area contributed by atoms with Gasteiger partial charge in [-0.25, -0.2) is 28.2 Å². The van der Waals surface area contributed by atoms with Gasteiger partial charge in [0, 0.05) is 41.0 Å². The minimum Gasteiger partial charge on any atom is -0.497 e. The molecule has 3 aromatic heterocycles. The van der Waals surface area contributed by atoms with Crippen molar-refractivity contribution in [2.45, 2.75) is 11.8 Å². The van der Waals surface area contributed by atoms with Crippen molar-refractivity contribution in [1.82, 2.24) is 35.6 Å². The number of primary sulfonamides is 1. The summed E-state index contributed by atoms with van der Waals surface area (Å²) in [5.74, 6) is -0.296. The molecule has 3 heterocycles. The van der Waals surface area contributed by atoms with Gasteiger partial charge in [-0.2, -0.15) is 5.10 Å². The van der Waals surface area contributed by atoms with E-state index in [0.29, 0.717) is 40.0 Å². The fourth-order valence-corrected chi connectivity index (χ4v) is 5.31. The summed E-state index contributed by atoms with van der Waals surface area (Å²) in [5.41, 5.74) is 9.72. The number of hydrogen-bond donors (Lipinski definition) is 4. The molecule has 14 nitrogen and oxygen atoms in total. The Labute approximate surface area is 281 Å². The Morgan fingerprint density at radius 1 is 0.857 bits per heavy atom. The molecule has 6 aromatic rings. The summed E-state index contributed by atoms with van der Waals surface area (Å²) in [6.07, 6.45) is 5.01. The second-order valence-electron chi connectivity index (χ2n) is 10.7. The van der Waals surface area contributed by atoms with Crippen molar-refractivity contribution in [1.29, 1.82) is 0 Å². The number of carbonyl (C=O) groups excluding carboxylic acids is 2. The van der Waals surface area contributed by atoms with E-state index in [9.17, 15) is 18.0 Å². The van der Waals surface area contributed by atoms with Crippen molar-refractivity contribution in [2.75, 3.05) is 12.4 Å². The van der Waals surface area contributed by atoms with Crippen LogP contribution >= 0.6 is 0 Å². The molecule has 0 unspecified atom stereocenters. The van der Waals surface area contributed by atoms with Crippen LogP contribution in [-0.4, -0.2) is 52.1 Å². The first kappa shape index (κ1) is 32.5. The van der Waals surface area contributed by atoms with Crippen molar-refractivity contribution in [3.8, 4) is 34.0 Å². The topological polar surface area (TPSA) is 196 Å². The second-order valence-corrected chi connectivity index (χ2v) is 12.2. The van der Waals surface area contributed by atoms with Crippen molar-refractivity contribution in [3.05, 3.63) is 126 Å². The highest BCUT2D eigenvalue weighted by molar-refractivity contribution is 7.89. The van der Waals surface area contributed by atoms with Crippen LogP contribution in [0.4, 0.5) is 11.6 Å². The Morgan fingerprint density at radius 2 is 1.61 bits per heavy atom. The zero-order chi connectivity index (χ0) is 34.5. The van der Waals surface area contributed by atoms with Crippen LogP contribution in [0, 0.1) is 6.92 Å². The van der Waals surface area contributed by atoms with E-state index in [2.05, 4.69) is 36.2 Å². The summed E-state index contributed by atoms with van der Waals surface area (Å²) in [6, 6.07) is 24.9. The molecule has 0 saturated carbocycles. The van der Waals surface area contributed by atoms with E-state index in [1.807, 2.05) is 19.1 Å². The molecular weight excluding hydrogens is 646 g/mol. The number of ether oxygens (including phenoxy) is 1. The number of methoxy groups -OCH3 is 1. The summed E-state index contributed by atoms with van der Waals surface area (Å²) >= 11 is 0. The lowest BCUT2D eigenvalue weighted by Gasteiger charge is -2.12. The summed E-state index contributed by atoms with van der Waals surface area (Å²) in [6.45, 7) is 1.87. The summed E-state index contributed by atoms with van der Waals surface area (Å²) in [4.78, 5) is 39.3. The Balaban J connectivity index is 1.20. The maximum Gasteiger partial charge on any atom is 0.290 e. The van der Waals surface area contributed by atoms with Crippen molar-refractivity contribution in [3.63, 3.8) is 0 Å². The molecule has 0 fully saturated rings. The van der Waals surface area contributed by atoms with Gasteiger partial charge < -0.3 is 10.1 Å². The molecule has 6 rings (SSSR count). The lowest BCUT2D eigenvalue weighted by Crippen LogP contribution is -2.41. The van der Waals surface area contributed by atoms with E-state index >= 15 is 0 Å². The third-order valence-electron chi connectivity index (χ3n) is 7.39. The van der Waals surface area contributed by atoms with Gasteiger partial charge in [0.2, 0.25) is 16.0 Å². The van der Waals surface area contributed by atoms with Crippen LogP contribution in [0.5, 0.6) is 5.75 Å². The Kier molecular flexibility index (Phi) is 9.10. The van der Waals surface area contributed by atoms with E-state index in [4.69, 9.17) is 9.88 Å². The van der Waals surface area contributed by atoms with Gasteiger partial charge >= 0.3 is 0 Å². The molecule has 49 heavy (non-hydrogen) atoms. The number of hydrogen-bond acceptors (Lipinski definition) is 10. The SMILES string of the molecule is COc1ccc(-c2cc(C(=O)NNC(=O)c3ccc(C)c(Nc4nccc(-c5cccnc5)n4)c3)nn2-c2ccc(S(N)(=O)=O)cc2)cc1. The number of anilines is 2. The molecule has 0 bridgehead atoms. The number of carbonyl (C=O) groups is 2. The summed E-state index contributed by atoms with van der Waals surface area (Å²) in [7, 11) is -2.36. The van der Waals surface area contributed by atoms with Crippen LogP contribution in [0.2, 0.25) is 0 Å². The molecule has 2 amide bonds. The lowest BCUT2D eigenvalue weighted by molar-refractivity contribution is 0.0843. The zero-order valence-electron chi connectivity index (χ0n) is 26.2. The van der Waals surface area contributed by atoms with Crippen LogP contribution < -0.4 is 26.0 Å². The molecule has 3 aromatic carbocycles. The molecule has 246 valence electrons. The molecule has 5 N–H and O–H groups in total. The predicted molar refractivity (Wildman–Crippen MR) is 182 cm³/mol. The number of rotatable bonds is 9. The number of nitrogens with one attached hydrogen (secondary N) is 3. The van der Waals surface area contributed by atoms with Crippen molar-refractivity contribution in [2.24, 2.45) is 5.14 Å². The largest absolute Gasteiger partial charge is 0.497 e. The summed E-state index contributed by atoms with van der Waals surface area (Å²) < 4.78 is 30.3. The fourth-order valence-electron chi connectivity index (χ4n) is 4.80. The lowest BCUT2D eigenvalue weighted by atomic mass is 10.1. The van der Waals surface area contributed by atoms with Crippen LogP contribution in [0.15, 0.2) is 114 Å². The maximum absolute atomic E-state index is 13.3. The average Bonchev–Trinajstić information content (AvgIpc) is 3.57. The van der Waals surface area contributed by atoms with Crippen LogP contribution in [0.25, 0.3) is 28.2 Å². The molecular formula is C34H29N9O5S. The first-order valence-corrected chi connectivity index (χ1v) is 16.2.